The largest absolute Gasteiger partial charge is 0.493 e. The third-order valence-corrected chi connectivity index (χ3v) is 5.75. The fourth-order valence-corrected chi connectivity index (χ4v) is 3.97. The van der Waals surface area contributed by atoms with E-state index in [9.17, 15) is 13.2 Å². The molecule has 30 heavy (non-hydrogen) atoms. The van der Waals surface area contributed by atoms with E-state index < -0.39 is 11.7 Å². The van der Waals surface area contributed by atoms with Crippen LogP contribution >= 0.6 is 12.4 Å². The van der Waals surface area contributed by atoms with Crippen molar-refractivity contribution in [1.82, 2.24) is 4.90 Å². The molecule has 0 radical (unpaired) electrons. The maximum Gasteiger partial charge on any atom is 0.416 e. The van der Waals surface area contributed by atoms with E-state index in [0.717, 1.165) is 43.9 Å². The van der Waals surface area contributed by atoms with Gasteiger partial charge in [-0.3, -0.25) is 0 Å². The minimum absolute atomic E-state index is 0. The molecule has 3 nitrogen and oxygen atoms in total. The number of ether oxygens (including phenoxy) is 1. The van der Waals surface area contributed by atoms with Crippen LogP contribution in [0.5, 0.6) is 5.75 Å². The summed E-state index contributed by atoms with van der Waals surface area (Å²) < 4.78 is 44.2. The van der Waals surface area contributed by atoms with E-state index >= 15 is 0 Å². The standard InChI is InChI=1S/C23H29F3N2O.ClH/c1-4-28-14-13-22(17-5-9-20(10-6-17)27(2)3)18(15-28)16-29-21-11-7-19(8-12-21)23(24,25)26;/h5-12,18,22H,4,13-16H2,1-3H3;1H/t18-,22-;/m0./s1. The summed E-state index contributed by atoms with van der Waals surface area (Å²) in [6.45, 7) is 5.61. The van der Waals surface area contributed by atoms with Crippen molar-refractivity contribution in [2.45, 2.75) is 25.4 Å². The third-order valence-electron chi connectivity index (χ3n) is 5.75. The van der Waals surface area contributed by atoms with Crippen LogP contribution in [0, 0.1) is 5.92 Å². The van der Waals surface area contributed by atoms with Crippen LogP contribution in [0.15, 0.2) is 48.5 Å². The number of rotatable bonds is 6. The van der Waals surface area contributed by atoms with Crippen molar-refractivity contribution in [3.63, 3.8) is 0 Å². The molecule has 1 saturated heterocycles. The second kappa shape index (κ2) is 10.4. The summed E-state index contributed by atoms with van der Waals surface area (Å²) in [6, 6.07) is 13.6. The lowest BCUT2D eigenvalue weighted by Crippen LogP contribution is -2.41. The van der Waals surface area contributed by atoms with Gasteiger partial charge in [-0.1, -0.05) is 19.1 Å². The van der Waals surface area contributed by atoms with Crippen molar-refractivity contribution >= 4 is 18.1 Å². The molecule has 0 unspecified atom stereocenters. The maximum atomic E-state index is 12.7. The molecule has 0 aromatic heterocycles. The fraction of sp³-hybridized carbons (Fsp3) is 0.478. The second-order valence-corrected chi connectivity index (χ2v) is 7.87. The summed E-state index contributed by atoms with van der Waals surface area (Å²) >= 11 is 0. The van der Waals surface area contributed by atoms with Crippen molar-refractivity contribution < 1.29 is 17.9 Å². The summed E-state index contributed by atoms with van der Waals surface area (Å²) in [5, 5.41) is 0. The van der Waals surface area contributed by atoms with E-state index in [1.54, 1.807) is 0 Å². The van der Waals surface area contributed by atoms with E-state index in [4.69, 9.17) is 4.74 Å². The van der Waals surface area contributed by atoms with Gasteiger partial charge in [0.25, 0.3) is 0 Å². The fourth-order valence-electron chi connectivity index (χ4n) is 3.97. The number of nitrogens with zero attached hydrogens (tertiary/aromatic N) is 2. The number of anilines is 1. The quantitative estimate of drug-likeness (QED) is 0.571. The van der Waals surface area contributed by atoms with Gasteiger partial charge >= 0.3 is 6.18 Å². The van der Waals surface area contributed by atoms with Crippen LogP contribution in [0.2, 0.25) is 0 Å². The first kappa shape index (κ1) is 24.4. The number of piperidine rings is 1. The number of hydrogen-bond donors (Lipinski definition) is 0. The Morgan fingerprint density at radius 3 is 2.20 bits per heavy atom. The van der Waals surface area contributed by atoms with Crippen molar-refractivity contribution in [2.75, 3.05) is 45.2 Å². The van der Waals surface area contributed by atoms with Gasteiger partial charge in [0.1, 0.15) is 5.75 Å². The average molecular weight is 443 g/mol. The number of alkyl halides is 3. The SMILES string of the molecule is CCN1CC[C@@H](c2ccc(N(C)C)cc2)[C@H](COc2ccc(C(F)(F)F)cc2)C1.Cl. The van der Waals surface area contributed by atoms with Crippen LogP contribution < -0.4 is 9.64 Å². The molecule has 0 saturated carbocycles. The molecule has 166 valence electrons. The normalized spacial score (nSPS) is 19.8. The van der Waals surface area contributed by atoms with Crippen LogP contribution in [0.3, 0.4) is 0 Å². The van der Waals surface area contributed by atoms with Crippen molar-refractivity contribution in [1.29, 1.82) is 0 Å². The Kier molecular flexibility index (Phi) is 8.44. The highest BCUT2D eigenvalue weighted by Crippen LogP contribution is 2.35. The Morgan fingerprint density at radius 2 is 1.67 bits per heavy atom. The first-order valence-corrected chi connectivity index (χ1v) is 10.1. The topological polar surface area (TPSA) is 15.7 Å². The highest BCUT2D eigenvalue weighted by atomic mass is 35.5. The van der Waals surface area contributed by atoms with Crippen LogP contribution in [0.25, 0.3) is 0 Å². The van der Waals surface area contributed by atoms with Crippen LogP contribution in [-0.2, 0) is 6.18 Å². The molecule has 2 atom stereocenters. The molecule has 2 aromatic rings. The van der Waals surface area contributed by atoms with E-state index in [-0.39, 0.29) is 18.3 Å². The van der Waals surface area contributed by atoms with Crippen LogP contribution in [-0.4, -0.2) is 45.2 Å². The Balaban J connectivity index is 0.00000320. The van der Waals surface area contributed by atoms with E-state index in [2.05, 4.69) is 41.0 Å². The zero-order valence-corrected chi connectivity index (χ0v) is 18.5. The van der Waals surface area contributed by atoms with Crippen molar-refractivity contribution in [3.05, 3.63) is 59.7 Å². The predicted octanol–water partition coefficient (Wildman–Crippen LogP) is 5.70. The summed E-state index contributed by atoms with van der Waals surface area (Å²) in [7, 11) is 4.05. The molecule has 1 aliphatic heterocycles. The molecule has 0 bridgehead atoms. The highest BCUT2D eigenvalue weighted by molar-refractivity contribution is 5.85. The lowest BCUT2D eigenvalue weighted by Gasteiger charge is -2.38. The van der Waals surface area contributed by atoms with E-state index in [1.165, 1.54) is 17.7 Å². The van der Waals surface area contributed by atoms with Gasteiger partial charge < -0.3 is 14.5 Å². The molecule has 1 heterocycles. The monoisotopic (exact) mass is 442 g/mol. The van der Waals surface area contributed by atoms with E-state index in [0.29, 0.717) is 18.3 Å². The van der Waals surface area contributed by atoms with Gasteiger partial charge in [0.2, 0.25) is 0 Å². The number of benzene rings is 2. The maximum absolute atomic E-state index is 12.7. The lowest BCUT2D eigenvalue weighted by molar-refractivity contribution is -0.137. The number of hydrogen-bond acceptors (Lipinski definition) is 3. The average Bonchev–Trinajstić information content (AvgIpc) is 2.71. The Morgan fingerprint density at radius 1 is 1.03 bits per heavy atom. The van der Waals surface area contributed by atoms with Crippen LogP contribution in [0.4, 0.5) is 18.9 Å². The smallest absolute Gasteiger partial charge is 0.416 e. The molecule has 3 rings (SSSR count). The lowest BCUT2D eigenvalue weighted by atomic mass is 9.80. The number of likely N-dealkylation sites (tertiary alicyclic amines) is 1. The molecular weight excluding hydrogens is 413 g/mol. The minimum atomic E-state index is -4.33. The Bertz CT molecular complexity index is 779. The van der Waals surface area contributed by atoms with Gasteiger partial charge in [0, 0.05) is 32.2 Å². The molecule has 1 fully saturated rings. The molecule has 0 spiro atoms. The van der Waals surface area contributed by atoms with Gasteiger partial charge in [-0.15, -0.1) is 12.4 Å². The zero-order valence-electron chi connectivity index (χ0n) is 17.7. The molecular formula is C23H30ClF3N2O. The van der Waals surface area contributed by atoms with Crippen LogP contribution in [0.1, 0.15) is 30.4 Å². The molecule has 0 N–H and O–H groups in total. The molecule has 2 aromatic carbocycles. The minimum Gasteiger partial charge on any atom is -0.493 e. The predicted molar refractivity (Wildman–Crippen MR) is 118 cm³/mol. The molecule has 7 heteroatoms. The summed E-state index contributed by atoms with van der Waals surface area (Å²) in [6.07, 6.45) is -3.27. The first-order chi connectivity index (χ1) is 13.8. The zero-order chi connectivity index (χ0) is 21.0. The summed E-state index contributed by atoms with van der Waals surface area (Å²) in [5.74, 6) is 1.15. The van der Waals surface area contributed by atoms with Gasteiger partial charge in [0.05, 0.1) is 12.2 Å². The Labute approximate surface area is 183 Å². The highest BCUT2D eigenvalue weighted by Gasteiger charge is 2.31. The first-order valence-electron chi connectivity index (χ1n) is 10.1. The third kappa shape index (κ3) is 6.05. The second-order valence-electron chi connectivity index (χ2n) is 7.87. The van der Waals surface area contributed by atoms with Gasteiger partial charge in [-0.2, -0.15) is 13.2 Å². The van der Waals surface area contributed by atoms with Gasteiger partial charge in [-0.25, -0.2) is 0 Å². The molecule has 0 amide bonds. The van der Waals surface area contributed by atoms with Gasteiger partial charge in [-0.05, 0) is 67.4 Å². The number of halogens is 4. The van der Waals surface area contributed by atoms with Crippen molar-refractivity contribution in [2.24, 2.45) is 5.92 Å². The van der Waals surface area contributed by atoms with Gasteiger partial charge in [0.15, 0.2) is 0 Å². The summed E-state index contributed by atoms with van der Waals surface area (Å²) in [4.78, 5) is 4.49. The van der Waals surface area contributed by atoms with Crippen molar-refractivity contribution in [3.8, 4) is 5.75 Å². The Hall–Kier alpha value is -1.92. The molecule has 0 aliphatic carbocycles. The summed E-state index contributed by atoms with van der Waals surface area (Å²) in [5.41, 5.74) is 1.81. The molecule has 1 aliphatic rings. The van der Waals surface area contributed by atoms with E-state index in [1.807, 2.05) is 14.1 Å².